The molecule has 0 amide bonds. The Balaban J connectivity index is 2.03. The number of nitrogens with one attached hydrogen (secondary N) is 2. The van der Waals surface area contributed by atoms with E-state index in [1.54, 1.807) is 0 Å². The van der Waals surface area contributed by atoms with Crippen LogP contribution in [0.15, 0.2) is 48.7 Å². The number of benzene rings is 2. The average Bonchev–Trinajstić information content (AvgIpc) is 2.77. The first-order valence-electron chi connectivity index (χ1n) is 9.74. The van der Waals surface area contributed by atoms with Crippen LogP contribution in [0.3, 0.4) is 0 Å². The van der Waals surface area contributed by atoms with Crippen molar-refractivity contribution in [3.63, 3.8) is 0 Å². The molecule has 2 aromatic carbocycles. The lowest BCUT2D eigenvalue weighted by Crippen LogP contribution is -2.25. The van der Waals surface area contributed by atoms with Gasteiger partial charge in [-0.1, -0.05) is 12.1 Å². The number of hydrogen-bond donors (Lipinski definition) is 3. The van der Waals surface area contributed by atoms with E-state index in [0.29, 0.717) is 6.20 Å². The number of halogens is 3. The van der Waals surface area contributed by atoms with Crippen LogP contribution in [-0.4, -0.2) is 49.9 Å². The molecule has 0 radical (unpaired) electrons. The molecular formula is C21H20F3N5O5S. The molecule has 0 saturated heterocycles. The topological polar surface area (TPSA) is 134 Å². The Morgan fingerprint density at radius 3 is 2.43 bits per heavy atom. The first kappa shape index (κ1) is 25.6. The fourth-order valence-electron chi connectivity index (χ4n) is 2.98. The molecule has 14 heteroatoms. The van der Waals surface area contributed by atoms with Gasteiger partial charge in [0, 0.05) is 25.0 Å². The second-order valence-electron chi connectivity index (χ2n) is 7.17. The lowest BCUT2D eigenvalue weighted by Gasteiger charge is -2.22. The van der Waals surface area contributed by atoms with Crippen LogP contribution in [0, 0.1) is 0 Å². The number of nitrogens with zero attached hydrogens (tertiary/aromatic N) is 3. The summed E-state index contributed by atoms with van der Waals surface area (Å²) in [5.74, 6) is -2.06. The van der Waals surface area contributed by atoms with Gasteiger partial charge in [0.1, 0.15) is 22.7 Å². The number of alkyl halides is 3. The summed E-state index contributed by atoms with van der Waals surface area (Å²) in [5.41, 5.74) is -0.873. The summed E-state index contributed by atoms with van der Waals surface area (Å²) in [4.78, 5) is 18.9. The Morgan fingerprint density at radius 2 is 1.83 bits per heavy atom. The Hall–Kier alpha value is -4.07. The Kier molecular flexibility index (Phi) is 7.05. The molecule has 0 aliphatic rings. The van der Waals surface area contributed by atoms with Crippen LogP contribution in [0.1, 0.15) is 15.9 Å². The predicted octanol–water partition coefficient (Wildman–Crippen LogP) is 4.09. The van der Waals surface area contributed by atoms with E-state index in [1.807, 2.05) is 0 Å². The lowest BCUT2D eigenvalue weighted by molar-refractivity contribution is -0.137. The SMILES string of the molecule is COc1cc(Nc2ncc(C(F)(F)F)c(Nc3ccccc3N(C)S(C)(=O)=O)n2)ccc1C(=O)O. The molecule has 0 bridgehead atoms. The number of para-hydroxylation sites is 2. The highest BCUT2D eigenvalue weighted by Crippen LogP contribution is 2.37. The second kappa shape index (κ2) is 9.66. The molecular weight excluding hydrogens is 491 g/mol. The number of methoxy groups -OCH3 is 1. The van der Waals surface area contributed by atoms with Crippen molar-refractivity contribution < 1.29 is 36.2 Å². The minimum atomic E-state index is -4.81. The average molecular weight is 511 g/mol. The first-order valence-corrected chi connectivity index (χ1v) is 11.6. The van der Waals surface area contributed by atoms with Gasteiger partial charge in [-0.25, -0.2) is 18.2 Å². The van der Waals surface area contributed by atoms with Crippen molar-refractivity contribution in [3.8, 4) is 5.75 Å². The Bertz CT molecular complexity index is 1370. The van der Waals surface area contributed by atoms with Gasteiger partial charge in [-0.05, 0) is 24.3 Å². The van der Waals surface area contributed by atoms with Crippen LogP contribution in [-0.2, 0) is 16.2 Å². The van der Waals surface area contributed by atoms with E-state index in [0.717, 1.165) is 10.6 Å². The van der Waals surface area contributed by atoms with Crippen molar-refractivity contribution in [2.75, 3.05) is 35.4 Å². The van der Waals surface area contributed by atoms with Crippen LogP contribution < -0.4 is 19.7 Å². The Morgan fingerprint density at radius 1 is 1.14 bits per heavy atom. The summed E-state index contributed by atoms with van der Waals surface area (Å²) in [7, 11) is -1.17. The molecule has 0 spiro atoms. The van der Waals surface area contributed by atoms with Crippen LogP contribution in [0.4, 0.5) is 42.0 Å². The minimum Gasteiger partial charge on any atom is -0.496 e. The molecule has 3 aromatic rings. The van der Waals surface area contributed by atoms with Gasteiger partial charge in [0.15, 0.2) is 0 Å². The molecule has 0 saturated carbocycles. The van der Waals surface area contributed by atoms with Crippen molar-refractivity contribution in [2.45, 2.75) is 6.18 Å². The number of sulfonamides is 1. The van der Waals surface area contributed by atoms with Crippen LogP contribution in [0.5, 0.6) is 5.75 Å². The number of carbonyl (C=O) groups is 1. The molecule has 1 heterocycles. The highest BCUT2D eigenvalue weighted by molar-refractivity contribution is 7.92. The Labute approximate surface area is 198 Å². The molecule has 3 N–H and O–H groups in total. The van der Waals surface area contributed by atoms with Gasteiger partial charge < -0.3 is 20.5 Å². The highest BCUT2D eigenvalue weighted by atomic mass is 32.2. The largest absolute Gasteiger partial charge is 0.496 e. The lowest BCUT2D eigenvalue weighted by atomic mass is 10.2. The summed E-state index contributed by atoms with van der Waals surface area (Å²) in [6, 6.07) is 9.84. The zero-order chi connectivity index (χ0) is 26.0. The van der Waals surface area contributed by atoms with E-state index in [9.17, 15) is 31.5 Å². The first-order chi connectivity index (χ1) is 16.3. The van der Waals surface area contributed by atoms with E-state index in [4.69, 9.17) is 4.74 Å². The maximum atomic E-state index is 13.7. The van der Waals surface area contributed by atoms with Crippen molar-refractivity contribution >= 4 is 44.8 Å². The molecule has 0 aliphatic heterocycles. The third kappa shape index (κ3) is 5.90. The smallest absolute Gasteiger partial charge is 0.421 e. The van der Waals surface area contributed by atoms with Gasteiger partial charge in [0.2, 0.25) is 16.0 Å². The summed E-state index contributed by atoms with van der Waals surface area (Å²) in [5, 5.41) is 14.4. The zero-order valence-electron chi connectivity index (χ0n) is 18.6. The number of aromatic nitrogens is 2. The van der Waals surface area contributed by atoms with Gasteiger partial charge >= 0.3 is 12.1 Å². The minimum absolute atomic E-state index is 0.0190. The summed E-state index contributed by atoms with van der Waals surface area (Å²) in [6.07, 6.45) is -3.28. The van der Waals surface area contributed by atoms with Crippen molar-refractivity contribution in [3.05, 3.63) is 59.8 Å². The number of carboxylic acid groups (broad SMARTS) is 1. The normalized spacial score (nSPS) is 11.6. The van der Waals surface area contributed by atoms with E-state index in [2.05, 4.69) is 20.6 Å². The number of hydrogen-bond acceptors (Lipinski definition) is 8. The van der Waals surface area contributed by atoms with Gasteiger partial charge in [0.05, 0.1) is 24.7 Å². The van der Waals surface area contributed by atoms with E-state index in [1.165, 1.54) is 56.6 Å². The second-order valence-corrected chi connectivity index (χ2v) is 9.19. The molecule has 0 atom stereocenters. The monoisotopic (exact) mass is 511 g/mol. The summed E-state index contributed by atoms with van der Waals surface area (Å²) in [6.45, 7) is 0. The van der Waals surface area contributed by atoms with Crippen molar-refractivity contribution in [1.29, 1.82) is 0 Å². The maximum absolute atomic E-state index is 13.7. The van der Waals surface area contributed by atoms with E-state index >= 15 is 0 Å². The standard InChI is InChI=1S/C21H20F3N5O5S/c1-29(35(3,32)33)16-7-5-4-6-15(16)27-18-14(21(22,23)24)11-25-20(28-18)26-12-8-9-13(19(30)31)17(10-12)34-2/h4-11H,1-3H3,(H,30,31)(H2,25,26,27,28). The van der Waals surface area contributed by atoms with Crippen LogP contribution in [0.25, 0.3) is 0 Å². The fraction of sp³-hybridized carbons (Fsp3) is 0.190. The third-order valence-corrected chi connectivity index (χ3v) is 5.97. The third-order valence-electron chi connectivity index (χ3n) is 4.78. The molecule has 186 valence electrons. The summed E-state index contributed by atoms with van der Waals surface area (Å²) < 4.78 is 70.9. The van der Waals surface area contributed by atoms with Crippen LogP contribution in [0.2, 0.25) is 0 Å². The molecule has 0 aliphatic carbocycles. The molecule has 35 heavy (non-hydrogen) atoms. The van der Waals surface area contributed by atoms with Gasteiger partial charge in [-0.2, -0.15) is 18.2 Å². The van der Waals surface area contributed by atoms with Crippen molar-refractivity contribution in [1.82, 2.24) is 9.97 Å². The number of anilines is 5. The molecule has 3 rings (SSSR count). The van der Waals surface area contributed by atoms with E-state index in [-0.39, 0.29) is 34.3 Å². The van der Waals surface area contributed by atoms with Gasteiger partial charge in [-0.3, -0.25) is 4.31 Å². The number of aromatic carboxylic acids is 1. The fourth-order valence-corrected chi connectivity index (χ4v) is 3.50. The molecule has 0 fully saturated rings. The zero-order valence-corrected chi connectivity index (χ0v) is 19.4. The van der Waals surface area contributed by atoms with E-state index < -0.39 is 33.6 Å². The number of carboxylic acids is 1. The molecule has 1 aromatic heterocycles. The van der Waals surface area contributed by atoms with Gasteiger partial charge in [0.25, 0.3) is 0 Å². The highest BCUT2D eigenvalue weighted by Gasteiger charge is 2.35. The number of rotatable bonds is 8. The number of ether oxygens (including phenoxy) is 1. The summed E-state index contributed by atoms with van der Waals surface area (Å²) >= 11 is 0. The van der Waals surface area contributed by atoms with Crippen LogP contribution >= 0.6 is 0 Å². The molecule has 10 nitrogen and oxygen atoms in total. The van der Waals surface area contributed by atoms with Gasteiger partial charge in [-0.15, -0.1) is 0 Å². The van der Waals surface area contributed by atoms with Crippen molar-refractivity contribution in [2.24, 2.45) is 0 Å². The predicted molar refractivity (Wildman–Crippen MR) is 123 cm³/mol. The maximum Gasteiger partial charge on any atom is 0.421 e. The quantitative estimate of drug-likeness (QED) is 0.409. The molecule has 0 unspecified atom stereocenters.